The lowest BCUT2D eigenvalue weighted by Crippen LogP contribution is -2.51. The Bertz CT molecular complexity index is 415. The molecule has 0 aromatic carbocycles. The quantitative estimate of drug-likeness (QED) is 0.899. The number of rotatable bonds is 5. The third-order valence-corrected chi connectivity index (χ3v) is 4.74. The van der Waals surface area contributed by atoms with Crippen LogP contribution in [-0.2, 0) is 6.54 Å². The zero-order chi connectivity index (χ0) is 14.8. The van der Waals surface area contributed by atoms with Gasteiger partial charge in [-0.15, -0.1) is 0 Å². The fourth-order valence-corrected chi connectivity index (χ4v) is 3.45. The summed E-state index contributed by atoms with van der Waals surface area (Å²) in [5, 5.41) is 15.4. The Kier molecular flexibility index (Phi) is 4.70. The number of aryl methyl sites for hydroxylation is 1. The van der Waals surface area contributed by atoms with Gasteiger partial charge in [-0.2, -0.15) is 5.10 Å². The highest BCUT2D eigenvalue weighted by Gasteiger charge is 2.44. The van der Waals surface area contributed by atoms with Crippen LogP contribution in [0.1, 0.15) is 50.8 Å². The standard InChI is InChI=1S/C15H27N3O2/c1-5-18-13(12(20-4)11-16-18)14(19)15(17(2)3)9-7-6-8-10-15/h11,14,19H,5-10H2,1-4H3. The van der Waals surface area contributed by atoms with Crippen LogP contribution in [0.4, 0.5) is 0 Å². The van der Waals surface area contributed by atoms with Gasteiger partial charge in [-0.05, 0) is 33.9 Å². The van der Waals surface area contributed by atoms with Crippen LogP contribution in [0, 0.1) is 0 Å². The third kappa shape index (κ3) is 2.44. The lowest BCUT2D eigenvalue weighted by Gasteiger charge is -2.46. The normalized spacial score (nSPS) is 20.1. The van der Waals surface area contributed by atoms with Crippen LogP contribution in [0.2, 0.25) is 0 Å². The Labute approximate surface area is 121 Å². The van der Waals surface area contributed by atoms with Crippen molar-refractivity contribution in [3.05, 3.63) is 11.9 Å². The molecule has 0 spiro atoms. The number of hydrogen-bond donors (Lipinski definition) is 1. The van der Waals surface area contributed by atoms with Gasteiger partial charge >= 0.3 is 0 Å². The molecule has 0 bridgehead atoms. The van der Waals surface area contributed by atoms with Crippen molar-refractivity contribution in [2.45, 2.75) is 57.2 Å². The average molecular weight is 281 g/mol. The minimum absolute atomic E-state index is 0.210. The van der Waals surface area contributed by atoms with Crippen LogP contribution in [0.15, 0.2) is 6.20 Å². The molecule has 5 nitrogen and oxygen atoms in total. The molecular weight excluding hydrogens is 254 g/mol. The van der Waals surface area contributed by atoms with Gasteiger partial charge in [0.1, 0.15) is 11.8 Å². The summed E-state index contributed by atoms with van der Waals surface area (Å²) in [5.41, 5.74) is 0.601. The first-order chi connectivity index (χ1) is 9.56. The predicted molar refractivity (Wildman–Crippen MR) is 78.9 cm³/mol. The molecule has 1 aromatic heterocycles. The summed E-state index contributed by atoms with van der Waals surface area (Å²) in [4.78, 5) is 2.18. The highest BCUT2D eigenvalue weighted by Crippen LogP contribution is 2.44. The number of hydrogen-bond acceptors (Lipinski definition) is 4. The molecule has 20 heavy (non-hydrogen) atoms. The second-order valence-electron chi connectivity index (χ2n) is 5.88. The third-order valence-electron chi connectivity index (χ3n) is 4.74. The minimum atomic E-state index is -0.574. The SMILES string of the molecule is CCn1ncc(OC)c1C(O)C1(N(C)C)CCCCC1. The molecule has 1 saturated carbocycles. The average Bonchev–Trinajstić information content (AvgIpc) is 2.89. The van der Waals surface area contributed by atoms with Gasteiger partial charge in [0.15, 0.2) is 5.75 Å². The van der Waals surface area contributed by atoms with Gasteiger partial charge in [-0.3, -0.25) is 4.68 Å². The number of aliphatic hydroxyl groups excluding tert-OH is 1. The van der Waals surface area contributed by atoms with E-state index in [0.717, 1.165) is 37.9 Å². The van der Waals surface area contributed by atoms with Crippen LogP contribution in [0.3, 0.4) is 0 Å². The lowest BCUT2D eigenvalue weighted by molar-refractivity contribution is -0.0388. The number of nitrogens with zero attached hydrogens (tertiary/aromatic N) is 3. The maximum atomic E-state index is 11.1. The van der Waals surface area contributed by atoms with Gasteiger partial charge < -0.3 is 14.7 Å². The van der Waals surface area contributed by atoms with Crippen molar-refractivity contribution in [1.29, 1.82) is 0 Å². The first-order valence-electron chi connectivity index (χ1n) is 7.52. The van der Waals surface area contributed by atoms with Crippen molar-refractivity contribution in [3.8, 4) is 5.75 Å². The van der Waals surface area contributed by atoms with Gasteiger partial charge in [0, 0.05) is 6.54 Å². The molecule has 1 heterocycles. The highest BCUT2D eigenvalue weighted by atomic mass is 16.5. The summed E-state index contributed by atoms with van der Waals surface area (Å²) in [6.45, 7) is 2.77. The van der Waals surface area contributed by atoms with E-state index in [1.54, 1.807) is 13.3 Å². The number of aliphatic hydroxyl groups is 1. The second kappa shape index (κ2) is 6.14. The van der Waals surface area contributed by atoms with Gasteiger partial charge in [0.25, 0.3) is 0 Å². The molecule has 1 aromatic rings. The summed E-state index contributed by atoms with van der Waals surface area (Å²) in [6, 6.07) is 0. The largest absolute Gasteiger partial charge is 0.493 e. The van der Waals surface area contributed by atoms with Crippen molar-refractivity contribution in [1.82, 2.24) is 14.7 Å². The molecular formula is C15H27N3O2. The zero-order valence-electron chi connectivity index (χ0n) is 13.1. The molecule has 1 atom stereocenters. The van der Waals surface area contributed by atoms with Gasteiger partial charge in [-0.1, -0.05) is 19.3 Å². The Balaban J connectivity index is 2.41. The number of aromatic nitrogens is 2. The fourth-order valence-electron chi connectivity index (χ4n) is 3.45. The van der Waals surface area contributed by atoms with E-state index in [1.165, 1.54) is 6.42 Å². The van der Waals surface area contributed by atoms with E-state index >= 15 is 0 Å². The molecule has 114 valence electrons. The maximum Gasteiger partial charge on any atom is 0.162 e. The number of ether oxygens (including phenoxy) is 1. The molecule has 1 fully saturated rings. The van der Waals surface area contributed by atoms with Crippen LogP contribution < -0.4 is 4.74 Å². The van der Waals surface area contributed by atoms with Crippen molar-refractivity contribution >= 4 is 0 Å². The Morgan fingerprint density at radius 1 is 1.40 bits per heavy atom. The highest BCUT2D eigenvalue weighted by molar-refractivity contribution is 5.30. The molecule has 2 rings (SSSR count). The molecule has 1 aliphatic rings. The van der Waals surface area contributed by atoms with Crippen LogP contribution in [0.25, 0.3) is 0 Å². The van der Waals surface area contributed by atoms with Gasteiger partial charge in [0.2, 0.25) is 0 Å². The monoisotopic (exact) mass is 281 g/mol. The van der Waals surface area contributed by atoms with Gasteiger partial charge in [-0.25, -0.2) is 0 Å². The molecule has 0 saturated heterocycles. The molecule has 0 radical (unpaired) electrons. The maximum absolute atomic E-state index is 11.1. The van der Waals surface area contributed by atoms with Crippen molar-refractivity contribution in [3.63, 3.8) is 0 Å². The summed E-state index contributed by atoms with van der Waals surface area (Å²) in [7, 11) is 5.76. The Morgan fingerprint density at radius 3 is 2.55 bits per heavy atom. The summed E-state index contributed by atoms with van der Waals surface area (Å²) in [6.07, 6.45) is 6.74. The lowest BCUT2D eigenvalue weighted by atomic mass is 9.75. The van der Waals surface area contributed by atoms with E-state index < -0.39 is 6.10 Å². The number of likely N-dealkylation sites (N-methyl/N-ethyl adjacent to an activating group) is 1. The summed E-state index contributed by atoms with van der Waals surface area (Å²) >= 11 is 0. The molecule has 0 aliphatic heterocycles. The zero-order valence-corrected chi connectivity index (χ0v) is 13.1. The van der Waals surface area contributed by atoms with E-state index in [-0.39, 0.29) is 5.54 Å². The van der Waals surface area contributed by atoms with E-state index in [2.05, 4.69) is 24.1 Å². The topological polar surface area (TPSA) is 50.5 Å². The van der Waals surface area contributed by atoms with E-state index in [1.807, 2.05) is 11.6 Å². The van der Waals surface area contributed by atoms with Crippen LogP contribution in [-0.4, -0.2) is 46.5 Å². The second-order valence-corrected chi connectivity index (χ2v) is 5.88. The molecule has 1 aliphatic carbocycles. The Morgan fingerprint density at radius 2 is 2.05 bits per heavy atom. The molecule has 1 unspecified atom stereocenters. The first-order valence-corrected chi connectivity index (χ1v) is 7.52. The molecule has 5 heteroatoms. The van der Waals surface area contributed by atoms with Crippen LogP contribution >= 0.6 is 0 Å². The number of methoxy groups -OCH3 is 1. The molecule has 1 N–H and O–H groups in total. The van der Waals surface area contributed by atoms with Crippen molar-refractivity contribution in [2.75, 3.05) is 21.2 Å². The smallest absolute Gasteiger partial charge is 0.162 e. The van der Waals surface area contributed by atoms with Crippen molar-refractivity contribution < 1.29 is 9.84 Å². The summed E-state index contributed by atoms with van der Waals surface area (Å²) in [5.74, 6) is 0.686. The summed E-state index contributed by atoms with van der Waals surface area (Å²) < 4.78 is 7.25. The fraction of sp³-hybridized carbons (Fsp3) is 0.800. The minimum Gasteiger partial charge on any atom is -0.493 e. The van der Waals surface area contributed by atoms with E-state index in [9.17, 15) is 5.11 Å². The van der Waals surface area contributed by atoms with E-state index in [4.69, 9.17) is 4.74 Å². The predicted octanol–water partition coefficient (Wildman–Crippen LogP) is 2.21. The first kappa shape index (κ1) is 15.3. The van der Waals surface area contributed by atoms with Crippen LogP contribution in [0.5, 0.6) is 5.75 Å². The Hall–Kier alpha value is -1.07. The molecule has 0 amide bonds. The van der Waals surface area contributed by atoms with Crippen molar-refractivity contribution in [2.24, 2.45) is 0 Å². The van der Waals surface area contributed by atoms with Gasteiger partial charge in [0.05, 0.1) is 18.8 Å². The van der Waals surface area contributed by atoms with E-state index in [0.29, 0.717) is 5.75 Å².